The summed E-state index contributed by atoms with van der Waals surface area (Å²) < 4.78 is 0. The fraction of sp³-hybridized carbons (Fsp3) is 0.360. The topological polar surface area (TPSA) is 37.8 Å². The zero-order valence-corrected chi connectivity index (χ0v) is 18.2. The summed E-state index contributed by atoms with van der Waals surface area (Å²) in [5.41, 5.74) is 11.9. The van der Waals surface area contributed by atoms with Crippen LogP contribution in [0.15, 0.2) is 30.3 Å². The van der Waals surface area contributed by atoms with Crippen molar-refractivity contribution in [2.75, 3.05) is 11.9 Å². The number of aryl methyl sites for hydroxylation is 6. The number of benzene rings is 2. The maximum Gasteiger partial charge on any atom is 0.223 e. The molecule has 0 aliphatic carbocycles. The van der Waals surface area contributed by atoms with E-state index in [1.807, 2.05) is 0 Å². The SMILES string of the molecule is CCCNc1nc(-c2c(C)cc(C)cc2C)cc(-c2c(C)cc(C)cc2C)n1. The lowest BCUT2D eigenvalue weighted by molar-refractivity contribution is 0.953. The Morgan fingerprint density at radius 1 is 0.643 bits per heavy atom. The van der Waals surface area contributed by atoms with Gasteiger partial charge in [-0.3, -0.25) is 0 Å². The van der Waals surface area contributed by atoms with Crippen molar-refractivity contribution in [1.82, 2.24) is 9.97 Å². The van der Waals surface area contributed by atoms with Crippen LogP contribution in [-0.2, 0) is 0 Å². The standard InChI is InChI=1S/C25H31N3/c1-8-9-26-25-27-21(23-17(4)10-15(2)11-18(23)5)14-22(28-25)24-19(6)12-16(3)13-20(24)7/h10-14H,8-9H2,1-7H3,(H,26,27,28). The Bertz CT molecular complexity index is 897. The van der Waals surface area contributed by atoms with Crippen LogP contribution in [0, 0.1) is 41.5 Å². The minimum atomic E-state index is 0.702. The Morgan fingerprint density at radius 2 is 1.04 bits per heavy atom. The molecule has 146 valence electrons. The fourth-order valence-electron chi connectivity index (χ4n) is 4.19. The molecule has 0 aliphatic rings. The predicted octanol–water partition coefficient (Wildman–Crippen LogP) is 6.48. The Hall–Kier alpha value is -2.68. The van der Waals surface area contributed by atoms with Crippen LogP contribution in [0.5, 0.6) is 0 Å². The second-order valence-electron chi connectivity index (χ2n) is 7.94. The van der Waals surface area contributed by atoms with Gasteiger partial charge in [0.1, 0.15) is 0 Å². The molecule has 0 saturated carbocycles. The van der Waals surface area contributed by atoms with Crippen molar-refractivity contribution in [3.8, 4) is 22.5 Å². The lowest BCUT2D eigenvalue weighted by Crippen LogP contribution is -2.07. The molecular formula is C25H31N3. The first-order chi connectivity index (χ1) is 13.3. The molecule has 0 fully saturated rings. The van der Waals surface area contributed by atoms with Crippen molar-refractivity contribution in [1.29, 1.82) is 0 Å². The molecule has 3 nitrogen and oxygen atoms in total. The molecule has 3 aromatic rings. The van der Waals surface area contributed by atoms with Crippen LogP contribution >= 0.6 is 0 Å². The average molecular weight is 374 g/mol. The summed E-state index contributed by atoms with van der Waals surface area (Å²) >= 11 is 0. The summed E-state index contributed by atoms with van der Waals surface area (Å²) in [4.78, 5) is 9.75. The smallest absolute Gasteiger partial charge is 0.223 e. The largest absolute Gasteiger partial charge is 0.354 e. The fourth-order valence-corrected chi connectivity index (χ4v) is 4.19. The van der Waals surface area contributed by atoms with E-state index in [1.54, 1.807) is 0 Å². The van der Waals surface area contributed by atoms with E-state index >= 15 is 0 Å². The Labute approximate surface area is 169 Å². The summed E-state index contributed by atoms with van der Waals surface area (Å²) in [6, 6.07) is 11.1. The minimum Gasteiger partial charge on any atom is -0.354 e. The van der Waals surface area contributed by atoms with Gasteiger partial charge < -0.3 is 5.32 Å². The highest BCUT2D eigenvalue weighted by atomic mass is 15.1. The minimum absolute atomic E-state index is 0.702. The van der Waals surface area contributed by atoms with E-state index in [0.717, 1.165) is 24.4 Å². The van der Waals surface area contributed by atoms with Gasteiger partial charge in [-0.25, -0.2) is 9.97 Å². The monoisotopic (exact) mass is 373 g/mol. The van der Waals surface area contributed by atoms with Crippen LogP contribution in [-0.4, -0.2) is 16.5 Å². The number of hydrogen-bond donors (Lipinski definition) is 1. The number of nitrogens with zero attached hydrogens (tertiary/aromatic N) is 2. The van der Waals surface area contributed by atoms with E-state index in [2.05, 4.69) is 84.1 Å². The molecule has 0 amide bonds. The average Bonchev–Trinajstić information content (AvgIpc) is 2.58. The van der Waals surface area contributed by atoms with E-state index in [4.69, 9.17) is 9.97 Å². The van der Waals surface area contributed by atoms with Crippen LogP contribution in [0.2, 0.25) is 0 Å². The molecule has 0 unspecified atom stereocenters. The quantitative estimate of drug-likeness (QED) is 0.556. The molecule has 1 heterocycles. The molecule has 0 atom stereocenters. The summed E-state index contributed by atoms with van der Waals surface area (Å²) in [5, 5.41) is 3.39. The van der Waals surface area contributed by atoms with Gasteiger partial charge in [0.25, 0.3) is 0 Å². The molecule has 3 heteroatoms. The summed E-state index contributed by atoms with van der Waals surface area (Å²) in [6.45, 7) is 16.0. The zero-order valence-electron chi connectivity index (χ0n) is 18.2. The zero-order chi connectivity index (χ0) is 20.4. The lowest BCUT2D eigenvalue weighted by atomic mass is 9.94. The van der Waals surface area contributed by atoms with Gasteiger partial charge in [0, 0.05) is 17.7 Å². The van der Waals surface area contributed by atoms with E-state index < -0.39 is 0 Å². The van der Waals surface area contributed by atoms with Gasteiger partial charge in [-0.15, -0.1) is 0 Å². The van der Waals surface area contributed by atoms with E-state index in [9.17, 15) is 0 Å². The molecule has 3 rings (SSSR count). The third kappa shape index (κ3) is 4.09. The summed E-state index contributed by atoms with van der Waals surface area (Å²) in [5.74, 6) is 0.702. The molecule has 2 aromatic carbocycles. The highest BCUT2D eigenvalue weighted by molar-refractivity contribution is 5.76. The van der Waals surface area contributed by atoms with Gasteiger partial charge in [0.2, 0.25) is 5.95 Å². The predicted molar refractivity (Wildman–Crippen MR) is 120 cm³/mol. The van der Waals surface area contributed by atoms with Gasteiger partial charge in [-0.1, -0.05) is 42.3 Å². The van der Waals surface area contributed by atoms with E-state index in [-0.39, 0.29) is 0 Å². The third-order valence-electron chi connectivity index (χ3n) is 5.13. The normalized spacial score (nSPS) is 11.0. The van der Waals surface area contributed by atoms with Crippen LogP contribution < -0.4 is 5.32 Å². The molecule has 28 heavy (non-hydrogen) atoms. The second-order valence-corrected chi connectivity index (χ2v) is 7.94. The highest BCUT2D eigenvalue weighted by Crippen LogP contribution is 2.33. The van der Waals surface area contributed by atoms with Gasteiger partial charge in [-0.2, -0.15) is 0 Å². The number of hydrogen-bond acceptors (Lipinski definition) is 3. The molecule has 0 aliphatic heterocycles. The number of anilines is 1. The Balaban J connectivity index is 2.25. The Morgan fingerprint density at radius 3 is 1.39 bits per heavy atom. The third-order valence-corrected chi connectivity index (χ3v) is 5.13. The molecule has 1 N–H and O–H groups in total. The van der Waals surface area contributed by atoms with Crippen molar-refractivity contribution >= 4 is 5.95 Å². The van der Waals surface area contributed by atoms with Crippen LogP contribution in [0.4, 0.5) is 5.95 Å². The van der Waals surface area contributed by atoms with E-state index in [0.29, 0.717) is 5.95 Å². The highest BCUT2D eigenvalue weighted by Gasteiger charge is 2.15. The summed E-state index contributed by atoms with van der Waals surface area (Å²) in [7, 11) is 0. The molecular weight excluding hydrogens is 342 g/mol. The first-order valence-electron chi connectivity index (χ1n) is 10.1. The number of rotatable bonds is 5. The first kappa shape index (κ1) is 20.1. The van der Waals surface area contributed by atoms with Crippen molar-refractivity contribution in [2.24, 2.45) is 0 Å². The molecule has 0 saturated heterocycles. The molecule has 0 spiro atoms. The van der Waals surface area contributed by atoms with Crippen molar-refractivity contribution in [2.45, 2.75) is 54.9 Å². The van der Waals surface area contributed by atoms with E-state index in [1.165, 1.54) is 44.5 Å². The first-order valence-corrected chi connectivity index (χ1v) is 10.1. The molecule has 0 radical (unpaired) electrons. The van der Waals surface area contributed by atoms with Crippen LogP contribution in [0.3, 0.4) is 0 Å². The van der Waals surface area contributed by atoms with Crippen molar-refractivity contribution in [3.05, 3.63) is 63.7 Å². The number of aromatic nitrogens is 2. The van der Waals surface area contributed by atoms with Crippen molar-refractivity contribution in [3.63, 3.8) is 0 Å². The molecule has 0 bridgehead atoms. The van der Waals surface area contributed by atoms with Gasteiger partial charge >= 0.3 is 0 Å². The van der Waals surface area contributed by atoms with Crippen molar-refractivity contribution < 1.29 is 0 Å². The maximum absolute atomic E-state index is 4.87. The van der Waals surface area contributed by atoms with Gasteiger partial charge in [-0.05, 0) is 76.3 Å². The lowest BCUT2D eigenvalue weighted by Gasteiger charge is -2.16. The number of nitrogens with one attached hydrogen (secondary N) is 1. The van der Waals surface area contributed by atoms with Gasteiger partial charge in [0.05, 0.1) is 11.4 Å². The van der Waals surface area contributed by atoms with Crippen LogP contribution in [0.1, 0.15) is 46.7 Å². The Kier molecular flexibility index (Phi) is 5.83. The molecule has 1 aromatic heterocycles. The van der Waals surface area contributed by atoms with Crippen LogP contribution in [0.25, 0.3) is 22.5 Å². The second kappa shape index (κ2) is 8.14. The van der Waals surface area contributed by atoms with Gasteiger partial charge in [0.15, 0.2) is 0 Å². The summed E-state index contributed by atoms with van der Waals surface area (Å²) in [6.07, 6.45) is 1.04. The maximum atomic E-state index is 4.87.